The Balaban J connectivity index is 2.00. The van der Waals surface area contributed by atoms with Crippen LogP contribution in [0.15, 0.2) is 0 Å². The van der Waals surface area contributed by atoms with Crippen molar-refractivity contribution in [3.05, 3.63) is 0 Å². The van der Waals surface area contributed by atoms with Gasteiger partial charge in [-0.05, 0) is 12.8 Å². The van der Waals surface area contributed by atoms with Crippen LogP contribution in [0.2, 0.25) is 0 Å². The van der Waals surface area contributed by atoms with Gasteiger partial charge in [0.2, 0.25) is 13.3 Å². The van der Waals surface area contributed by atoms with Gasteiger partial charge in [0.1, 0.15) is 6.61 Å². The molecule has 2 saturated heterocycles. The number of nitrogens with zero attached hydrogens (tertiary/aromatic N) is 1. The van der Waals surface area contributed by atoms with Crippen LogP contribution >= 0.6 is 7.37 Å². The third-order valence-corrected chi connectivity index (χ3v) is 5.67. The molecule has 18 heavy (non-hydrogen) atoms. The summed E-state index contributed by atoms with van der Waals surface area (Å²) in [5, 5.41) is 0. The fourth-order valence-electron chi connectivity index (χ4n) is 2.31. The molecule has 2 atom stereocenters. The summed E-state index contributed by atoms with van der Waals surface area (Å²) in [5.41, 5.74) is -0.652. The Labute approximate surface area is 106 Å². The SMILES string of the molecule is O=C1C[C@@H](P(=O)(O)CN2CCCCCC2=O)CO1. The van der Waals surface area contributed by atoms with E-state index in [9.17, 15) is 19.0 Å². The molecule has 0 aromatic heterocycles. The number of esters is 1. The lowest BCUT2D eigenvalue weighted by Crippen LogP contribution is -2.33. The Morgan fingerprint density at radius 2 is 2.11 bits per heavy atom. The minimum Gasteiger partial charge on any atom is -0.465 e. The van der Waals surface area contributed by atoms with Gasteiger partial charge >= 0.3 is 5.97 Å². The lowest BCUT2D eigenvalue weighted by Gasteiger charge is -2.25. The fraction of sp³-hybridized carbons (Fsp3) is 0.818. The summed E-state index contributed by atoms with van der Waals surface area (Å²) in [6.07, 6.45) is 2.97. The summed E-state index contributed by atoms with van der Waals surface area (Å²) < 4.78 is 16.9. The van der Waals surface area contributed by atoms with Gasteiger partial charge in [0.15, 0.2) is 0 Å². The number of carbonyl (C=O) groups excluding carboxylic acids is 2. The van der Waals surface area contributed by atoms with Crippen LogP contribution in [0.1, 0.15) is 32.1 Å². The maximum atomic E-state index is 12.2. The van der Waals surface area contributed by atoms with Crippen molar-refractivity contribution in [1.82, 2.24) is 4.90 Å². The van der Waals surface area contributed by atoms with Crippen LogP contribution in [0, 0.1) is 0 Å². The Morgan fingerprint density at radius 1 is 1.33 bits per heavy atom. The van der Waals surface area contributed by atoms with E-state index in [0.717, 1.165) is 19.3 Å². The molecule has 1 unspecified atom stereocenters. The van der Waals surface area contributed by atoms with E-state index in [1.54, 1.807) is 0 Å². The first kappa shape index (κ1) is 13.6. The summed E-state index contributed by atoms with van der Waals surface area (Å²) in [5.74, 6) is -0.497. The molecule has 7 heteroatoms. The molecule has 1 N–H and O–H groups in total. The van der Waals surface area contributed by atoms with Crippen LogP contribution in [-0.4, -0.2) is 46.8 Å². The number of cyclic esters (lactones) is 1. The van der Waals surface area contributed by atoms with Crippen molar-refractivity contribution < 1.29 is 23.8 Å². The number of carbonyl (C=O) groups is 2. The van der Waals surface area contributed by atoms with E-state index in [4.69, 9.17) is 4.74 Å². The maximum Gasteiger partial charge on any atom is 0.306 e. The molecule has 2 fully saturated rings. The molecule has 0 spiro atoms. The van der Waals surface area contributed by atoms with E-state index >= 15 is 0 Å². The molecule has 2 aliphatic rings. The second-order valence-corrected chi connectivity index (χ2v) is 7.43. The molecule has 0 radical (unpaired) electrons. The molecule has 0 aliphatic carbocycles. The smallest absolute Gasteiger partial charge is 0.306 e. The van der Waals surface area contributed by atoms with Crippen LogP contribution in [0.3, 0.4) is 0 Å². The third kappa shape index (κ3) is 3.12. The second-order valence-electron chi connectivity index (χ2n) is 4.91. The number of hydrogen-bond acceptors (Lipinski definition) is 4. The van der Waals surface area contributed by atoms with Crippen LogP contribution in [-0.2, 0) is 18.9 Å². The van der Waals surface area contributed by atoms with Crippen molar-refractivity contribution >= 4 is 19.2 Å². The minimum atomic E-state index is -3.54. The highest BCUT2D eigenvalue weighted by atomic mass is 31.2. The molecule has 0 aromatic carbocycles. The van der Waals surface area contributed by atoms with E-state index in [2.05, 4.69) is 0 Å². The predicted molar refractivity (Wildman–Crippen MR) is 64.2 cm³/mol. The normalized spacial score (nSPS) is 28.7. The first-order chi connectivity index (χ1) is 8.49. The van der Waals surface area contributed by atoms with Gasteiger partial charge in [-0.3, -0.25) is 14.2 Å². The Hall–Kier alpha value is -0.870. The summed E-state index contributed by atoms with van der Waals surface area (Å²) in [7, 11) is -3.54. The van der Waals surface area contributed by atoms with E-state index in [1.807, 2.05) is 0 Å². The van der Waals surface area contributed by atoms with Crippen molar-refractivity contribution in [2.45, 2.75) is 37.8 Å². The molecule has 1 amide bonds. The topological polar surface area (TPSA) is 83.9 Å². The van der Waals surface area contributed by atoms with Crippen LogP contribution in [0.25, 0.3) is 0 Å². The summed E-state index contributed by atoms with van der Waals surface area (Å²) >= 11 is 0. The van der Waals surface area contributed by atoms with Gasteiger partial charge in [-0.15, -0.1) is 0 Å². The van der Waals surface area contributed by atoms with E-state index < -0.39 is 19.0 Å². The third-order valence-electron chi connectivity index (χ3n) is 3.45. The number of hydrogen-bond donors (Lipinski definition) is 1. The molecule has 2 aliphatic heterocycles. The van der Waals surface area contributed by atoms with Gasteiger partial charge in [-0.25, -0.2) is 0 Å². The molecule has 0 saturated carbocycles. The molecule has 0 bridgehead atoms. The molecule has 102 valence electrons. The molecule has 2 rings (SSSR count). The van der Waals surface area contributed by atoms with Crippen molar-refractivity contribution in [1.29, 1.82) is 0 Å². The Kier molecular flexibility index (Phi) is 4.07. The lowest BCUT2D eigenvalue weighted by molar-refractivity contribution is -0.138. The highest BCUT2D eigenvalue weighted by Crippen LogP contribution is 2.50. The summed E-state index contributed by atoms with van der Waals surface area (Å²) in [4.78, 5) is 34.2. The second kappa shape index (κ2) is 5.41. The highest BCUT2D eigenvalue weighted by Gasteiger charge is 2.40. The monoisotopic (exact) mass is 275 g/mol. The average Bonchev–Trinajstić information content (AvgIpc) is 2.65. The molecular formula is C11H18NO5P. The van der Waals surface area contributed by atoms with Crippen molar-refractivity contribution in [2.24, 2.45) is 0 Å². The fourth-order valence-corrected chi connectivity index (χ4v) is 4.07. The molecular weight excluding hydrogens is 257 g/mol. The Morgan fingerprint density at radius 3 is 2.78 bits per heavy atom. The van der Waals surface area contributed by atoms with Crippen molar-refractivity contribution in [2.75, 3.05) is 19.4 Å². The highest BCUT2D eigenvalue weighted by molar-refractivity contribution is 7.58. The van der Waals surface area contributed by atoms with Gasteiger partial charge < -0.3 is 14.5 Å². The van der Waals surface area contributed by atoms with E-state index in [0.29, 0.717) is 13.0 Å². The minimum absolute atomic E-state index is 0.00532. The first-order valence-electron chi connectivity index (χ1n) is 6.24. The number of likely N-dealkylation sites (tertiary alicyclic amines) is 1. The average molecular weight is 275 g/mol. The summed E-state index contributed by atoms with van der Waals surface area (Å²) in [6.45, 7) is 0.527. The quantitative estimate of drug-likeness (QED) is 0.612. The number of ether oxygens (including phenoxy) is 1. The Bertz CT molecular complexity index is 397. The maximum absolute atomic E-state index is 12.2. The lowest BCUT2D eigenvalue weighted by atomic mass is 10.2. The van der Waals surface area contributed by atoms with Gasteiger partial charge in [0.25, 0.3) is 0 Å². The van der Waals surface area contributed by atoms with Gasteiger partial charge in [-0.2, -0.15) is 0 Å². The molecule has 2 heterocycles. The van der Waals surface area contributed by atoms with Crippen LogP contribution < -0.4 is 0 Å². The molecule has 0 aromatic rings. The zero-order valence-corrected chi connectivity index (χ0v) is 11.1. The standard InChI is InChI=1S/C11H18NO5P/c13-10-4-2-1-3-5-12(10)8-18(15,16)9-6-11(14)17-7-9/h9H,1-8H2,(H,15,16)/t9-/m1/s1. The first-order valence-corrected chi connectivity index (χ1v) is 8.15. The van der Waals surface area contributed by atoms with Gasteiger partial charge in [0.05, 0.1) is 18.4 Å². The van der Waals surface area contributed by atoms with Crippen molar-refractivity contribution in [3.63, 3.8) is 0 Å². The van der Waals surface area contributed by atoms with Crippen molar-refractivity contribution in [3.8, 4) is 0 Å². The largest absolute Gasteiger partial charge is 0.465 e. The van der Waals surface area contributed by atoms with E-state index in [1.165, 1.54) is 4.90 Å². The summed E-state index contributed by atoms with van der Waals surface area (Å²) in [6, 6.07) is 0. The zero-order chi connectivity index (χ0) is 13.2. The number of amides is 1. The van der Waals surface area contributed by atoms with Gasteiger partial charge in [0, 0.05) is 13.0 Å². The molecule has 6 nitrogen and oxygen atoms in total. The van der Waals surface area contributed by atoms with Gasteiger partial charge in [-0.1, -0.05) is 6.42 Å². The number of rotatable bonds is 3. The van der Waals surface area contributed by atoms with E-state index in [-0.39, 0.29) is 25.2 Å². The predicted octanol–water partition coefficient (Wildman–Crippen LogP) is 0.932. The van der Waals surface area contributed by atoms with Crippen LogP contribution in [0.4, 0.5) is 0 Å². The zero-order valence-electron chi connectivity index (χ0n) is 10.2. The van der Waals surface area contributed by atoms with Crippen LogP contribution in [0.5, 0.6) is 0 Å².